The summed E-state index contributed by atoms with van der Waals surface area (Å²) in [5.74, 6) is 0.460. The quantitative estimate of drug-likeness (QED) is 0.598. The number of benzene rings is 1. The normalized spacial score (nSPS) is 10.4. The second-order valence-corrected chi connectivity index (χ2v) is 3.92. The van der Waals surface area contributed by atoms with Crippen molar-refractivity contribution in [3.05, 3.63) is 48.2 Å². The molecule has 0 atom stereocenters. The van der Waals surface area contributed by atoms with E-state index in [1.165, 1.54) is 0 Å². The maximum absolute atomic E-state index is 11.2. The van der Waals surface area contributed by atoms with E-state index in [4.69, 9.17) is 9.15 Å². The maximum Gasteiger partial charge on any atom is 0.333 e. The molecule has 0 amide bonds. The minimum Gasteiger partial charge on any atom is -0.462 e. The van der Waals surface area contributed by atoms with Gasteiger partial charge in [-0.2, -0.15) is 0 Å². The lowest BCUT2D eigenvalue weighted by Gasteiger charge is -2.01. The van der Waals surface area contributed by atoms with Crippen LogP contribution in [0.4, 0.5) is 0 Å². The molecule has 3 nitrogen and oxygen atoms in total. The van der Waals surface area contributed by atoms with E-state index in [9.17, 15) is 4.79 Å². The van der Waals surface area contributed by atoms with Gasteiger partial charge in [0.25, 0.3) is 0 Å². The van der Waals surface area contributed by atoms with Crippen LogP contribution in [0, 0.1) is 0 Å². The minimum atomic E-state index is -0.360. The number of fused-ring (bicyclic) bond motifs is 1. The first kappa shape index (κ1) is 11.5. The van der Waals surface area contributed by atoms with Gasteiger partial charge in [-0.15, -0.1) is 0 Å². The van der Waals surface area contributed by atoms with Crippen LogP contribution in [-0.4, -0.2) is 12.6 Å². The van der Waals surface area contributed by atoms with Crippen molar-refractivity contribution < 1.29 is 13.9 Å². The van der Waals surface area contributed by atoms with Crippen LogP contribution >= 0.6 is 0 Å². The fraction of sp³-hybridized carbons (Fsp3) is 0.214. The SMILES string of the molecule is C=C(C)C(=O)OCCc1cc2ccccc2o1. The van der Waals surface area contributed by atoms with Gasteiger partial charge in [-0.25, -0.2) is 4.79 Å². The Hall–Kier alpha value is -2.03. The average Bonchev–Trinajstić information content (AvgIpc) is 2.71. The molecular weight excluding hydrogens is 216 g/mol. The average molecular weight is 230 g/mol. The van der Waals surface area contributed by atoms with Crippen molar-refractivity contribution in [3.63, 3.8) is 0 Å². The number of furan rings is 1. The predicted molar refractivity (Wildman–Crippen MR) is 65.7 cm³/mol. The molecule has 17 heavy (non-hydrogen) atoms. The van der Waals surface area contributed by atoms with Gasteiger partial charge >= 0.3 is 5.97 Å². The van der Waals surface area contributed by atoms with Crippen molar-refractivity contribution in [2.75, 3.05) is 6.61 Å². The van der Waals surface area contributed by atoms with Gasteiger partial charge in [0.05, 0.1) is 6.61 Å². The Kier molecular flexibility index (Phi) is 3.28. The Balaban J connectivity index is 1.95. The van der Waals surface area contributed by atoms with Gasteiger partial charge in [-0.3, -0.25) is 0 Å². The molecule has 0 N–H and O–H groups in total. The Morgan fingerprint density at radius 3 is 2.88 bits per heavy atom. The molecule has 0 saturated carbocycles. The lowest BCUT2D eigenvalue weighted by molar-refractivity contribution is -0.138. The molecule has 0 aliphatic rings. The van der Waals surface area contributed by atoms with Crippen molar-refractivity contribution in [3.8, 4) is 0 Å². The monoisotopic (exact) mass is 230 g/mol. The van der Waals surface area contributed by atoms with E-state index in [-0.39, 0.29) is 5.97 Å². The molecule has 3 heteroatoms. The predicted octanol–water partition coefficient (Wildman–Crippen LogP) is 3.09. The number of hydrogen-bond acceptors (Lipinski definition) is 3. The van der Waals surface area contributed by atoms with Crippen LogP contribution in [0.3, 0.4) is 0 Å². The number of carbonyl (C=O) groups excluding carboxylic acids is 1. The zero-order chi connectivity index (χ0) is 12.3. The summed E-state index contributed by atoms with van der Waals surface area (Å²) < 4.78 is 10.6. The van der Waals surface area contributed by atoms with E-state index in [1.54, 1.807) is 6.92 Å². The summed E-state index contributed by atoms with van der Waals surface area (Å²) in [5.41, 5.74) is 1.27. The van der Waals surface area contributed by atoms with Gasteiger partial charge in [-0.1, -0.05) is 24.8 Å². The summed E-state index contributed by atoms with van der Waals surface area (Å²) in [6, 6.07) is 9.75. The van der Waals surface area contributed by atoms with E-state index in [0.29, 0.717) is 18.6 Å². The van der Waals surface area contributed by atoms with Gasteiger partial charge in [0.1, 0.15) is 11.3 Å². The van der Waals surface area contributed by atoms with Gasteiger partial charge in [0.15, 0.2) is 0 Å². The molecular formula is C14H14O3. The van der Waals surface area contributed by atoms with E-state index < -0.39 is 0 Å². The first-order valence-electron chi connectivity index (χ1n) is 5.47. The Morgan fingerprint density at radius 2 is 2.18 bits per heavy atom. The highest BCUT2D eigenvalue weighted by molar-refractivity contribution is 5.86. The highest BCUT2D eigenvalue weighted by Gasteiger charge is 2.06. The largest absolute Gasteiger partial charge is 0.462 e. The van der Waals surface area contributed by atoms with Crippen molar-refractivity contribution in [2.45, 2.75) is 13.3 Å². The second kappa shape index (κ2) is 4.87. The Labute approximate surface area is 99.7 Å². The fourth-order valence-electron chi connectivity index (χ4n) is 1.53. The van der Waals surface area contributed by atoms with Gasteiger partial charge in [0, 0.05) is 17.4 Å². The van der Waals surface area contributed by atoms with Gasteiger partial charge in [0.2, 0.25) is 0 Å². The summed E-state index contributed by atoms with van der Waals surface area (Å²) in [7, 11) is 0. The van der Waals surface area contributed by atoms with Gasteiger partial charge < -0.3 is 9.15 Å². The number of rotatable bonds is 4. The molecule has 0 radical (unpaired) electrons. The fourth-order valence-corrected chi connectivity index (χ4v) is 1.53. The van der Waals surface area contributed by atoms with E-state index >= 15 is 0 Å². The Morgan fingerprint density at radius 1 is 1.41 bits per heavy atom. The van der Waals surface area contributed by atoms with Gasteiger partial charge in [-0.05, 0) is 19.1 Å². The molecule has 2 rings (SSSR count). The molecule has 0 saturated heterocycles. The first-order chi connectivity index (χ1) is 8.16. The van der Waals surface area contributed by atoms with Crippen LogP contribution in [0.1, 0.15) is 12.7 Å². The number of hydrogen-bond donors (Lipinski definition) is 0. The molecule has 2 aromatic rings. The summed E-state index contributed by atoms with van der Waals surface area (Å²) in [5, 5.41) is 1.06. The van der Waals surface area contributed by atoms with E-state index in [1.807, 2.05) is 30.3 Å². The third kappa shape index (κ3) is 2.75. The number of para-hydroxylation sites is 1. The first-order valence-corrected chi connectivity index (χ1v) is 5.47. The highest BCUT2D eigenvalue weighted by atomic mass is 16.5. The van der Waals surface area contributed by atoms with Crippen LogP contribution in [-0.2, 0) is 16.0 Å². The standard InChI is InChI=1S/C14H14O3/c1-10(2)14(15)16-8-7-12-9-11-5-3-4-6-13(11)17-12/h3-6,9H,1,7-8H2,2H3. The molecule has 0 spiro atoms. The van der Waals surface area contributed by atoms with Crippen LogP contribution < -0.4 is 0 Å². The maximum atomic E-state index is 11.2. The van der Waals surface area contributed by atoms with Crippen LogP contribution in [0.2, 0.25) is 0 Å². The lowest BCUT2D eigenvalue weighted by Crippen LogP contribution is -2.07. The molecule has 1 aromatic carbocycles. The van der Waals surface area contributed by atoms with Crippen LogP contribution in [0.15, 0.2) is 46.9 Å². The summed E-state index contributed by atoms with van der Waals surface area (Å²) in [4.78, 5) is 11.2. The summed E-state index contributed by atoms with van der Waals surface area (Å²) >= 11 is 0. The minimum absolute atomic E-state index is 0.311. The molecule has 0 bridgehead atoms. The zero-order valence-corrected chi connectivity index (χ0v) is 9.73. The van der Waals surface area contributed by atoms with Crippen molar-refractivity contribution in [1.29, 1.82) is 0 Å². The van der Waals surface area contributed by atoms with Crippen molar-refractivity contribution in [2.24, 2.45) is 0 Å². The smallest absolute Gasteiger partial charge is 0.333 e. The van der Waals surface area contributed by atoms with E-state index in [2.05, 4.69) is 6.58 Å². The molecule has 0 unspecified atom stereocenters. The second-order valence-electron chi connectivity index (χ2n) is 3.92. The molecule has 0 fully saturated rings. The number of carbonyl (C=O) groups is 1. The number of esters is 1. The van der Waals surface area contributed by atoms with Crippen molar-refractivity contribution >= 4 is 16.9 Å². The lowest BCUT2D eigenvalue weighted by atomic mass is 10.2. The number of ether oxygens (including phenoxy) is 1. The molecule has 1 heterocycles. The molecule has 0 aliphatic carbocycles. The third-order valence-electron chi connectivity index (χ3n) is 2.41. The molecule has 1 aromatic heterocycles. The van der Waals surface area contributed by atoms with Crippen LogP contribution in [0.5, 0.6) is 0 Å². The zero-order valence-electron chi connectivity index (χ0n) is 9.73. The highest BCUT2D eigenvalue weighted by Crippen LogP contribution is 2.19. The molecule has 88 valence electrons. The summed E-state index contributed by atoms with van der Waals surface area (Å²) in [6.45, 7) is 5.46. The molecule has 0 aliphatic heterocycles. The van der Waals surface area contributed by atoms with E-state index in [0.717, 1.165) is 16.7 Å². The van der Waals surface area contributed by atoms with Crippen LogP contribution in [0.25, 0.3) is 11.0 Å². The summed E-state index contributed by atoms with van der Waals surface area (Å²) in [6.07, 6.45) is 0.577. The topological polar surface area (TPSA) is 39.4 Å². The Bertz CT molecular complexity index is 518. The third-order valence-corrected chi connectivity index (χ3v) is 2.41. The van der Waals surface area contributed by atoms with Crippen molar-refractivity contribution in [1.82, 2.24) is 0 Å².